The Labute approximate surface area is 212 Å². The number of nitrogens with zero attached hydrogens (tertiary/aromatic N) is 1. The molecule has 4 rings (SSSR count). The maximum Gasteiger partial charge on any atom is 0.300 e. The molecule has 0 aliphatic carbocycles. The molecule has 1 aliphatic heterocycles. The van der Waals surface area contributed by atoms with Gasteiger partial charge in [-0.2, -0.15) is 0 Å². The molecule has 2 aromatic carbocycles. The first-order valence-electron chi connectivity index (χ1n) is 10.6. The number of aliphatic hydroxyl groups excluding tert-OH is 1. The molecule has 1 fully saturated rings. The molecule has 1 atom stereocenters. The average molecular weight is 514 g/mol. The molecule has 0 spiro atoms. The van der Waals surface area contributed by atoms with Crippen molar-refractivity contribution in [2.75, 3.05) is 26.2 Å². The maximum atomic E-state index is 13.4. The zero-order valence-corrected chi connectivity index (χ0v) is 21.4. The fraction of sp³-hybridized carbons (Fsp3) is 0.231. The first kappa shape index (κ1) is 24.6. The van der Waals surface area contributed by atoms with E-state index in [1.54, 1.807) is 30.3 Å². The Morgan fingerprint density at radius 2 is 1.71 bits per heavy atom. The Balaban J connectivity index is 2.00. The van der Waals surface area contributed by atoms with Crippen molar-refractivity contribution >= 4 is 46.1 Å². The van der Waals surface area contributed by atoms with Crippen molar-refractivity contribution in [3.05, 3.63) is 73.9 Å². The van der Waals surface area contributed by atoms with Crippen molar-refractivity contribution in [1.82, 2.24) is 0 Å². The van der Waals surface area contributed by atoms with Gasteiger partial charge in [-0.1, -0.05) is 11.6 Å². The van der Waals surface area contributed by atoms with Crippen LogP contribution in [0.5, 0.6) is 17.2 Å². The molecule has 9 heteroatoms. The summed E-state index contributed by atoms with van der Waals surface area (Å²) < 4.78 is 16.2. The average Bonchev–Trinajstić information content (AvgIpc) is 3.37. The number of thiophene rings is 1. The molecule has 182 valence electrons. The van der Waals surface area contributed by atoms with Gasteiger partial charge >= 0.3 is 0 Å². The zero-order chi connectivity index (χ0) is 25.4. The van der Waals surface area contributed by atoms with Gasteiger partial charge in [0, 0.05) is 16.6 Å². The third kappa shape index (κ3) is 4.13. The number of Topliss-reactive ketones (excluding diaryl/α,β-unsaturated/α-hetero) is 1. The van der Waals surface area contributed by atoms with E-state index in [2.05, 4.69) is 0 Å². The Bertz CT molecular complexity index is 1360. The van der Waals surface area contributed by atoms with Gasteiger partial charge in [0.1, 0.15) is 17.6 Å². The van der Waals surface area contributed by atoms with Crippen LogP contribution in [-0.4, -0.2) is 38.1 Å². The van der Waals surface area contributed by atoms with Gasteiger partial charge in [-0.15, -0.1) is 11.3 Å². The summed E-state index contributed by atoms with van der Waals surface area (Å²) in [6.45, 7) is 3.70. The number of amides is 1. The van der Waals surface area contributed by atoms with Gasteiger partial charge in [0.05, 0.1) is 37.5 Å². The maximum absolute atomic E-state index is 13.4. The lowest BCUT2D eigenvalue weighted by molar-refractivity contribution is -0.132. The summed E-state index contributed by atoms with van der Waals surface area (Å²) >= 11 is 7.75. The fourth-order valence-electron chi connectivity index (χ4n) is 4.24. The number of hydrogen-bond donors (Lipinski definition) is 1. The van der Waals surface area contributed by atoms with Crippen LogP contribution in [0.1, 0.15) is 27.6 Å². The number of aliphatic hydroxyl groups is 1. The van der Waals surface area contributed by atoms with E-state index < -0.39 is 17.7 Å². The number of benzene rings is 2. The Morgan fingerprint density at radius 3 is 2.31 bits per heavy atom. The summed E-state index contributed by atoms with van der Waals surface area (Å²) in [4.78, 5) is 29.0. The summed E-state index contributed by atoms with van der Waals surface area (Å²) in [5, 5.41) is 13.6. The van der Waals surface area contributed by atoms with Crippen molar-refractivity contribution in [3.8, 4) is 17.2 Å². The molecule has 2 heterocycles. The van der Waals surface area contributed by atoms with Crippen molar-refractivity contribution in [3.63, 3.8) is 0 Å². The molecule has 0 saturated carbocycles. The predicted molar refractivity (Wildman–Crippen MR) is 136 cm³/mol. The van der Waals surface area contributed by atoms with Crippen LogP contribution in [0, 0.1) is 13.8 Å². The topological polar surface area (TPSA) is 85.3 Å². The second-order valence-electron chi connectivity index (χ2n) is 8.00. The quantitative estimate of drug-likeness (QED) is 0.260. The van der Waals surface area contributed by atoms with E-state index in [-0.39, 0.29) is 27.7 Å². The molecule has 35 heavy (non-hydrogen) atoms. The van der Waals surface area contributed by atoms with E-state index in [1.165, 1.54) is 37.6 Å². The highest BCUT2D eigenvalue weighted by atomic mass is 35.5. The Kier molecular flexibility index (Phi) is 6.78. The molecule has 0 radical (unpaired) electrons. The second kappa shape index (κ2) is 9.64. The molecular formula is C26H24ClNO6S. The van der Waals surface area contributed by atoms with E-state index in [9.17, 15) is 14.7 Å². The Morgan fingerprint density at radius 1 is 1.00 bits per heavy atom. The van der Waals surface area contributed by atoms with Crippen LogP contribution in [0.15, 0.2) is 47.4 Å². The summed E-state index contributed by atoms with van der Waals surface area (Å²) in [5.74, 6) is -0.833. The molecule has 1 unspecified atom stereocenters. The first-order chi connectivity index (χ1) is 16.7. The van der Waals surface area contributed by atoms with E-state index in [0.717, 1.165) is 16.0 Å². The smallest absolute Gasteiger partial charge is 0.300 e. The minimum absolute atomic E-state index is 0.0460. The number of carbonyl (C=O) groups is 2. The molecule has 0 bridgehead atoms. The highest BCUT2D eigenvalue weighted by Gasteiger charge is 2.48. The van der Waals surface area contributed by atoms with Crippen LogP contribution in [0.25, 0.3) is 5.76 Å². The third-order valence-corrected chi connectivity index (χ3v) is 7.24. The number of carbonyl (C=O) groups excluding carboxylic acids is 2. The minimum atomic E-state index is -0.864. The van der Waals surface area contributed by atoms with Gasteiger partial charge in [-0.3, -0.25) is 14.5 Å². The van der Waals surface area contributed by atoms with Crippen molar-refractivity contribution in [2.24, 2.45) is 0 Å². The van der Waals surface area contributed by atoms with E-state index in [4.69, 9.17) is 25.8 Å². The van der Waals surface area contributed by atoms with Crippen LogP contribution in [0.4, 0.5) is 5.69 Å². The van der Waals surface area contributed by atoms with E-state index in [1.807, 2.05) is 25.3 Å². The molecule has 3 aromatic rings. The minimum Gasteiger partial charge on any atom is -0.507 e. The highest BCUT2D eigenvalue weighted by Crippen LogP contribution is 2.47. The first-order valence-corrected chi connectivity index (χ1v) is 11.9. The number of methoxy groups -OCH3 is 3. The number of hydrogen-bond acceptors (Lipinski definition) is 7. The predicted octanol–water partition coefficient (Wildman–Crippen LogP) is 5.67. The largest absolute Gasteiger partial charge is 0.507 e. The lowest BCUT2D eigenvalue weighted by Crippen LogP contribution is -2.29. The van der Waals surface area contributed by atoms with Gasteiger partial charge in [0.2, 0.25) is 0 Å². The highest BCUT2D eigenvalue weighted by molar-refractivity contribution is 7.10. The summed E-state index contributed by atoms with van der Waals surface area (Å²) in [6, 6.07) is 9.37. The number of ketones is 1. The monoisotopic (exact) mass is 513 g/mol. The zero-order valence-electron chi connectivity index (χ0n) is 19.8. The van der Waals surface area contributed by atoms with Crippen LogP contribution in [-0.2, 0) is 9.59 Å². The summed E-state index contributed by atoms with van der Waals surface area (Å²) in [7, 11) is 4.43. The molecule has 1 saturated heterocycles. The number of ether oxygens (including phenoxy) is 3. The number of aryl methyl sites for hydroxylation is 2. The van der Waals surface area contributed by atoms with Crippen molar-refractivity contribution < 1.29 is 28.9 Å². The van der Waals surface area contributed by atoms with E-state index in [0.29, 0.717) is 17.2 Å². The molecule has 1 amide bonds. The summed E-state index contributed by atoms with van der Waals surface area (Å²) in [5.41, 5.74) is 2.26. The van der Waals surface area contributed by atoms with Crippen molar-refractivity contribution in [2.45, 2.75) is 19.9 Å². The number of halogens is 1. The molecule has 1 N–H and O–H groups in total. The standard InChI is InChI=1S/C26H24ClNO6S/c1-13-10-16(24(34-5)17(27)11-13)22(29)20-21(25-14(2)8-9-35-25)28(26(31)23(20)30)15-6-7-18(32-3)19(12-15)33-4/h6-12,21,29H,1-5H3/b22-20+. The SMILES string of the molecule is COc1ccc(N2C(=O)C(=O)/C(=C(/O)c3cc(C)cc(Cl)c3OC)C2c2sccc2C)cc1OC. The Hall–Kier alpha value is -3.49. The molecule has 7 nitrogen and oxygen atoms in total. The van der Waals surface area contributed by atoms with Crippen LogP contribution < -0.4 is 19.1 Å². The molecule has 1 aromatic heterocycles. The normalized spacial score (nSPS) is 17.1. The summed E-state index contributed by atoms with van der Waals surface area (Å²) in [6.07, 6.45) is 0. The van der Waals surface area contributed by atoms with Gasteiger partial charge in [0.25, 0.3) is 11.7 Å². The van der Waals surface area contributed by atoms with Gasteiger partial charge in [-0.05, 0) is 60.7 Å². The van der Waals surface area contributed by atoms with Gasteiger partial charge in [-0.25, -0.2) is 0 Å². The third-order valence-electron chi connectivity index (χ3n) is 5.89. The molecular weight excluding hydrogens is 490 g/mol. The lowest BCUT2D eigenvalue weighted by atomic mass is 9.97. The number of rotatable bonds is 6. The van der Waals surface area contributed by atoms with Crippen LogP contribution in [0.3, 0.4) is 0 Å². The second-order valence-corrected chi connectivity index (χ2v) is 9.36. The lowest BCUT2D eigenvalue weighted by Gasteiger charge is -2.26. The van der Waals surface area contributed by atoms with Gasteiger partial charge < -0.3 is 19.3 Å². The molecule has 1 aliphatic rings. The van der Waals surface area contributed by atoms with Crippen LogP contribution in [0.2, 0.25) is 5.02 Å². The van der Waals surface area contributed by atoms with E-state index >= 15 is 0 Å². The number of anilines is 1. The van der Waals surface area contributed by atoms with Crippen molar-refractivity contribution in [1.29, 1.82) is 0 Å². The van der Waals surface area contributed by atoms with Gasteiger partial charge in [0.15, 0.2) is 11.5 Å². The fourth-order valence-corrected chi connectivity index (χ4v) is 5.62. The van der Waals surface area contributed by atoms with Crippen LogP contribution >= 0.6 is 22.9 Å².